The second-order valence-electron chi connectivity index (χ2n) is 2.45. The monoisotopic (exact) mass is 188 g/mol. The van der Waals surface area contributed by atoms with Crippen molar-refractivity contribution in [3.8, 4) is 0 Å². The smallest absolute Gasteiger partial charge is 0.274 e. The number of hydrogen-bond donors (Lipinski definition) is 2. The first kappa shape index (κ1) is 8.99. The molecule has 1 unspecified atom stereocenters. The molecule has 1 aromatic rings. The van der Waals surface area contributed by atoms with E-state index in [1.807, 2.05) is 11.6 Å². The highest BCUT2D eigenvalue weighted by Gasteiger charge is 2.00. The van der Waals surface area contributed by atoms with E-state index in [0.717, 1.165) is 5.56 Å². The van der Waals surface area contributed by atoms with Gasteiger partial charge in [-0.1, -0.05) is 17.7 Å². The van der Waals surface area contributed by atoms with Crippen LogP contribution in [0.2, 0.25) is 0 Å². The van der Waals surface area contributed by atoms with Crippen molar-refractivity contribution in [1.29, 1.82) is 4.78 Å². The zero-order chi connectivity index (χ0) is 9.19. The van der Waals surface area contributed by atoms with Crippen LogP contribution in [0.3, 0.4) is 0 Å². The Hall–Kier alpha value is -1.10. The first-order valence-corrected chi connectivity index (χ1v) is 4.76. The fourth-order valence-corrected chi connectivity index (χ4v) is 1.21. The summed E-state index contributed by atoms with van der Waals surface area (Å²) in [4.78, 5) is 0. The van der Waals surface area contributed by atoms with E-state index in [9.17, 15) is 8.09 Å². The normalized spacial score (nSPS) is 15.2. The van der Waals surface area contributed by atoms with Gasteiger partial charge in [0.2, 0.25) is 0 Å². The molecule has 0 fully saturated rings. The average molecular weight is 188 g/mol. The van der Waals surface area contributed by atoms with Crippen molar-refractivity contribution in [2.24, 2.45) is 0 Å². The van der Waals surface area contributed by atoms with Gasteiger partial charge in [0.15, 0.2) is 0 Å². The molecule has 0 aliphatic heterocycles. The molecule has 0 spiro atoms. The Morgan fingerprint density at radius 2 is 1.92 bits per heavy atom. The SMILES string of the molecule is Cc1ccc(NS(=N)(=O)F)cc1. The van der Waals surface area contributed by atoms with Crippen LogP contribution in [0.15, 0.2) is 24.3 Å². The highest BCUT2D eigenvalue weighted by Crippen LogP contribution is 2.10. The molecule has 3 nitrogen and oxygen atoms in total. The highest BCUT2D eigenvalue weighted by atomic mass is 32.3. The first-order valence-electron chi connectivity index (χ1n) is 3.30. The zero-order valence-corrected chi connectivity index (χ0v) is 7.32. The van der Waals surface area contributed by atoms with Gasteiger partial charge in [0, 0.05) is 5.69 Å². The van der Waals surface area contributed by atoms with Crippen LogP contribution in [-0.4, -0.2) is 4.21 Å². The number of rotatable bonds is 2. The van der Waals surface area contributed by atoms with Gasteiger partial charge in [0.1, 0.15) is 0 Å². The predicted molar refractivity (Wildman–Crippen MR) is 46.8 cm³/mol. The summed E-state index contributed by atoms with van der Waals surface area (Å²) in [7, 11) is -4.14. The topological polar surface area (TPSA) is 53.0 Å². The van der Waals surface area contributed by atoms with Crippen LogP contribution < -0.4 is 4.72 Å². The summed E-state index contributed by atoms with van der Waals surface area (Å²) in [6.45, 7) is 1.89. The number of anilines is 1. The van der Waals surface area contributed by atoms with Crippen molar-refractivity contribution in [2.45, 2.75) is 6.92 Å². The molecule has 0 amide bonds. The Morgan fingerprint density at radius 1 is 1.42 bits per heavy atom. The summed E-state index contributed by atoms with van der Waals surface area (Å²) in [5.74, 6) is 0. The van der Waals surface area contributed by atoms with Crippen LogP contribution in [0.1, 0.15) is 5.56 Å². The van der Waals surface area contributed by atoms with Gasteiger partial charge in [-0.25, -0.2) is 4.78 Å². The molecule has 1 atom stereocenters. The second kappa shape index (κ2) is 3.10. The van der Waals surface area contributed by atoms with Gasteiger partial charge < -0.3 is 0 Å². The van der Waals surface area contributed by atoms with Crippen molar-refractivity contribution in [1.82, 2.24) is 0 Å². The quantitative estimate of drug-likeness (QED) is 0.687. The van der Waals surface area contributed by atoms with E-state index in [1.54, 1.807) is 24.3 Å². The number of hydrogen-bond acceptors (Lipinski definition) is 2. The minimum absolute atomic E-state index is 0.350. The van der Waals surface area contributed by atoms with Gasteiger partial charge >= 0.3 is 0 Å². The van der Waals surface area contributed by atoms with E-state index >= 15 is 0 Å². The van der Waals surface area contributed by atoms with E-state index in [4.69, 9.17) is 4.78 Å². The van der Waals surface area contributed by atoms with Crippen LogP contribution in [0, 0.1) is 11.7 Å². The molecule has 0 aliphatic carbocycles. The molecule has 0 heterocycles. The molecule has 1 rings (SSSR count). The van der Waals surface area contributed by atoms with Crippen molar-refractivity contribution in [2.75, 3.05) is 4.72 Å². The van der Waals surface area contributed by atoms with E-state index in [0.29, 0.717) is 5.69 Å². The third-order valence-corrected chi connectivity index (χ3v) is 1.80. The molecule has 0 radical (unpaired) electrons. The molecule has 0 saturated carbocycles. The second-order valence-corrected chi connectivity index (χ2v) is 3.63. The standard InChI is InChI=1S/C7H9FN2OS/c1-6-2-4-7(5-3-6)10-12(8,9)11/h2-5H,1H3,(H2,9,10,11). The molecule has 1 aromatic carbocycles. The van der Waals surface area contributed by atoms with Gasteiger partial charge in [0.25, 0.3) is 10.3 Å². The minimum atomic E-state index is -4.14. The largest absolute Gasteiger partial charge is 0.288 e. The Balaban J connectivity index is 2.85. The lowest BCUT2D eigenvalue weighted by Crippen LogP contribution is -2.03. The third-order valence-electron chi connectivity index (χ3n) is 1.30. The van der Waals surface area contributed by atoms with Crippen LogP contribution in [0.4, 0.5) is 9.57 Å². The van der Waals surface area contributed by atoms with E-state index in [2.05, 4.69) is 0 Å². The van der Waals surface area contributed by atoms with Gasteiger partial charge in [-0.2, -0.15) is 4.21 Å². The van der Waals surface area contributed by atoms with Gasteiger partial charge in [-0.05, 0) is 19.1 Å². The van der Waals surface area contributed by atoms with Crippen LogP contribution in [0.25, 0.3) is 0 Å². The Bertz CT molecular complexity index is 357. The lowest BCUT2D eigenvalue weighted by atomic mass is 10.2. The fraction of sp³-hybridized carbons (Fsp3) is 0.143. The summed E-state index contributed by atoms with van der Waals surface area (Å²) >= 11 is 0. The Kier molecular flexibility index (Phi) is 2.32. The molecule has 12 heavy (non-hydrogen) atoms. The molecule has 0 saturated heterocycles. The van der Waals surface area contributed by atoms with Gasteiger partial charge in [0.05, 0.1) is 0 Å². The van der Waals surface area contributed by atoms with E-state index in [-0.39, 0.29) is 0 Å². The summed E-state index contributed by atoms with van der Waals surface area (Å²) in [5, 5.41) is 0. The first-order chi connectivity index (χ1) is 5.47. The molecule has 0 bridgehead atoms. The van der Waals surface area contributed by atoms with E-state index in [1.165, 1.54) is 0 Å². The lowest BCUT2D eigenvalue weighted by molar-refractivity contribution is 0.641. The van der Waals surface area contributed by atoms with Crippen LogP contribution >= 0.6 is 0 Å². The maximum Gasteiger partial charge on any atom is 0.288 e. The van der Waals surface area contributed by atoms with Crippen LogP contribution in [-0.2, 0) is 10.3 Å². The van der Waals surface area contributed by atoms with Crippen molar-refractivity contribution >= 4 is 16.0 Å². The average Bonchev–Trinajstić information content (AvgIpc) is 1.91. The fourth-order valence-electron chi connectivity index (χ4n) is 0.773. The highest BCUT2D eigenvalue weighted by molar-refractivity contribution is 7.88. The summed E-state index contributed by atoms with van der Waals surface area (Å²) in [5.41, 5.74) is 1.37. The Morgan fingerprint density at radius 3 is 2.33 bits per heavy atom. The predicted octanol–water partition coefficient (Wildman–Crippen LogP) is 2.25. The molecule has 66 valence electrons. The zero-order valence-electron chi connectivity index (χ0n) is 6.50. The third kappa shape index (κ3) is 2.87. The molecular formula is C7H9FN2OS. The number of benzene rings is 1. The lowest BCUT2D eigenvalue weighted by Gasteiger charge is -2.02. The molecule has 2 N–H and O–H groups in total. The number of nitrogens with one attached hydrogen (secondary N) is 2. The summed E-state index contributed by atoms with van der Waals surface area (Å²) in [6.07, 6.45) is 0. The van der Waals surface area contributed by atoms with Crippen LogP contribution in [0.5, 0.6) is 0 Å². The summed E-state index contributed by atoms with van der Waals surface area (Å²) in [6, 6.07) is 6.63. The minimum Gasteiger partial charge on any atom is -0.274 e. The molecule has 0 aromatic heterocycles. The molecule has 5 heteroatoms. The Labute approximate surface area is 71.0 Å². The van der Waals surface area contributed by atoms with Gasteiger partial charge in [-0.15, -0.1) is 3.89 Å². The van der Waals surface area contributed by atoms with E-state index < -0.39 is 10.3 Å². The maximum atomic E-state index is 12.3. The van der Waals surface area contributed by atoms with Crippen molar-refractivity contribution in [3.05, 3.63) is 29.8 Å². The maximum absolute atomic E-state index is 12.3. The van der Waals surface area contributed by atoms with Crippen molar-refractivity contribution in [3.63, 3.8) is 0 Å². The number of halogens is 1. The summed E-state index contributed by atoms with van der Waals surface area (Å²) < 4.78 is 31.0. The van der Waals surface area contributed by atoms with Gasteiger partial charge in [-0.3, -0.25) is 4.72 Å². The van der Waals surface area contributed by atoms with Crippen molar-refractivity contribution < 1.29 is 8.09 Å². The molecular weight excluding hydrogens is 179 g/mol. The molecule has 0 aliphatic rings. The number of aryl methyl sites for hydroxylation is 1.